The molecule has 0 aromatic heterocycles. The highest BCUT2D eigenvalue weighted by Gasteiger charge is 2.26. The SMILES string of the molecule is O=C(Nc1ccc(F)cc1)N1CCCN(C2=Nc3ccccc3Oc3ccccc32)CC1. The Hall–Kier alpha value is -3.87. The van der Waals surface area contributed by atoms with Gasteiger partial charge in [-0.25, -0.2) is 14.2 Å². The van der Waals surface area contributed by atoms with Crippen molar-refractivity contribution in [2.24, 2.45) is 4.99 Å². The topological polar surface area (TPSA) is 57.2 Å². The maximum atomic E-state index is 13.1. The van der Waals surface area contributed by atoms with Crippen molar-refractivity contribution < 1.29 is 13.9 Å². The summed E-state index contributed by atoms with van der Waals surface area (Å²) >= 11 is 0. The number of hydrogen-bond donors (Lipinski definition) is 1. The highest BCUT2D eigenvalue weighted by atomic mass is 19.1. The van der Waals surface area contributed by atoms with Gasteiger partial charge in [0.15, 0.2) is 5.75 Å². The summed E-state index contributed by atoms with van der Waals surface area (Å²) in [6.07, 6.45) is 0.806. The molecule has 1 N–H and O–H groups in total. The van der Waals surface area contributed by atoms with Gasteiger partial charge in [-0.1, -0.05) is 24.3 Å². The van der Waals surface area contributed by atoms with Crippen molar-refractivity contribution in [2.75, 3.05) is 31.5 Å². The van der Waals surface area contributed by atoms with Crippen LogP contribution in [0.5, 0.6) is 11.5 Å². The van der Waals surface area contributed by atoms with Crippen LogP contribution in [-0.4, -0.2) is 47.8 Å². The Kier molecular flexibility index (Phi) is 5.46. The summed E-state index contributed by atoms with van der Waals surface area (Å²) in [5.41, 5.74) is 2.30. The van der Waals surface area contributed by atoms with E-state index >= 15 is 0 Å². The summed E-state index contributed by atoms with van der Waals surface area (Å²) in [6, 6.07) is 21.3. The van der Waals surface area contributed by atoms with E-state index in [1.54, 1.807) is 17.0 Å². The second-order valence-corrected chi connectivity index (χ2v) is 7.77. The third-order valence-electron chi connectivity index (χ3n) is 5.62. The lowest BCUT2D eigenvalue weighted by Gasteiger charge is -2.25. The lowest BCUT2D eigenvalue weighted by atomic mass is 10.1. The number of benzene rings is 3. The summed E-state index contributed by atoms with van der Waals surface area (Å²) < 4.78 is 19.3. The predicted molar refractivity (Wildman–Crippen MR) is 122 cm³/mol. The molecule has 2 amide bonds. The molecule has 162 valence electrons. The minimum absolute atomic E-state index is 0.185. The smallest absolute Gasteiger partial charge is 0.321 e. The molecule has 32 heavy (non-hydrogen) atoms. The van der Waals surface area contributed by atoms with Crippen molar-refractivity contribution in [2.45, 2.75) is 6.42 Å². The number of amidine groups is 1. The van der Waals surface area contributed by atoms with Gasteiger partial charge in [-0.15, -0.1) is 0 Å². The van der Waals surface area contributed by atoms with Gasteiger partial charge in [-0.2, -0.15) is 0 Å². The number of rotatable bonds is 1. The van der Waals surface area contributed by atoms with E-state index in [1.165, 1.54) is 12.1 Å². The van der Waals surface area contributed by atoms with Crippen LogP contribution in [-0.2, 0) is 0 Å². The number of para-hydroxylation sites is 3. The average Bonchev–Trinajstić information content (AvgIpc) is 3.15. The molecule has 7 heteroatoms. The molecule has 2 aliphatic rings. The number of hydrogen-bond acceptors (Lipinski definition) is 4. The Bertz CT molecular complexity index is 1160. The molecule has 0 bridgehead atoms. The van der Waals surface area contributed by atoms with Crippen LogP contribution in [0, 0.1) is 5.82 Å². The number of fused-ring (bicyclic) bond motifs is 2. The minimum atomic E-state index is -0.330. The molecule has 3 aromatic rings. The Morgan fingerprint density at radius 2 is 1.62 bits per heavy atom. The molecule has 2 heterocycles. The number of aliphatic imine (C=N–C) groups is 1. The predicted octanol–water partition coefficient (Wildman–Crippen LogP) is 5.25. The summed E-state index contributed by atoms with van der Waals surface area (Å²) in [7, 11) is 0. The zero-order valence-corrected chi connectivity index (χ0v) is 17.5. The fraction of sp³-hybridized carbons (Fsp3) is 0.200. The highest BCUT2D eigenvalue weighted by Crippen LogP contribution is 2.37. The standard InChI is InChI=1S/C25H23FN4O2/c26-18-10-12-19(13-11-18)27-25(31)30-15-5-14-29(16-17-30)24-20-6-1-3-8-22(20)32-23-9-4-2-7-21(23)28-24/h1-4,6-13H,5,14-17H2,(H,27,31). The maximum Gasteiger partial charge on any atom is 0.321 e. The first kappa shape index (κ1) is 20.1. The molecule has 0 aliphatic carbocycles. The number of anilines is 1. The first-order chi connectivity index (χ1) is 15.7. The van der Waals surface area contributed by atoms with Crippen molar-refractivity contribution in [3.05, 3.63) is 84.2 Å². The van der Waals surface area contributed by atoms with Crippen LogP contribution in [0.3, 0.4) is 0 Å². The van der Waals surface area contributed by atoms with E-state index in [0.717, 1.165) is 41.6 Å². The lowest BCUT2D eigenvalue weighted by molar-refractivity contribution is 0.214. The second kappa shape index (κ2) is 8.70. The van der Waals surface area contributed by atoms with E-state index in [-0.39, 0.29) is 11.8 Å². The van der Waals surface area contributed by atoms with Crippen LogP contribution in [0.1, 0.15) is 12.0 Å². The quantitative estimate of drug-likeness (QED) is 0.574. The monoisotopic (exact) mass is 430 g/mol. The van der Waals surface area contributed by atoms with Crippen LogP contribution in [0.4, 0.5) is 20.6 Å². The summed E-state index contributed by atoms with van der Waals surface area (Å²) in [6.45, 7) is 2.60. The van der Waals surface area contributed by atoms with Crippen LogP contribution in [0.2, 0.25) is 0 Å². The van der Waals surface area contributed by atoms with Gasteiger partial charge < -0.3 is 19.9 Å². The zero-order chi connectivity index (χ0) is 21.9. The second-order valence-electron chi connectivity index (χ2n) is 7.77. The van der Waals surface area contributed by atoms with Gasteiger partial charge in [-0.3, -0.25) is 0 Å². The van der Waals surface area contributed by atoms with Crippen molar-refractivity contribution in [3.8, 4) is 11.5 Å². The van der Waals surface area contributed by atoms with Gasteiger partial charge in [0.05, 0.1) is 5.56 Å². The summed E-state index contributed by atoms with van der Waals surface area (Å²) in [5.74, 6) is 2.02. The van der Waals surface area contributed by atoms with E-state index in [4.69, 9.17) is 9.73 Å². The molecule has 0 radical (unpaired) electrons. The number of nitrogens with zero attached hydrogens (tertiary/aromatic N) is 3. The van der Waals surface area contributed by atoms with E-state index in [0.29, 0.717) is 25.3 Å². The molecule has 2 aliphatic heterocycles. The molecule has 1 saturated heterocycles. The van der Waals surface area contributed by atoms with Crippen LogP contribution in [0.25, 0.3) is 0 Å². The molecular formula is C25H23FN4O2. The first-order valence-corrected chi connectivity index (χ1v) is 10.7. The van der Waals surface area contributed by atoms with Gasteiger partial charge in [-0.05, 0) is 55.0 Å². The van der Waals surface area contributed by atoms with E-state index in [1.807, 2.05) is 48.5 Å². The molecule has 5 rings (SSSR count). The molecule has 0 spiro atoms. The number of ether oxygens (including phenoxy) is 1. The lowest BCUT2D eigenvalue weighted by Crippen LogP contribution is -2.39. The fourth-order valence-corrected chi connectivity index (χ4v) is 3.98. The molecule has 0 atom stereocenters. The molecule has 0 saturated carbocycles. The van der Waals surface area contributed by atoms with Gasteiger partial charge >= 0.3 is 6.03 Å². The average molecular weight is 430 g/mol. The number of urea groups is 1. The zero-order valence-electron chi connectivity index (χ0n) is 17.5. The van der Waals surface area contributed by atoms with E-state index in [2.05, 4.69) is 10.2 Å². The van der Waals surface area contributed by atoms with Crippen LogP contribution < -0.4 is 10.1 Å². The summed E-state index contributed by atoms with van der Waals surface area (Å²) in [4.78, 5) is 21.7. The Balaban J connectivity index is 1.36. The molecule has 3 aromatic carbocycles. The van der Waals surface area contributed by atoms with Crippen molar-refractivity contribution >= 4 is 23.2 Å². The minimum Gasteiger partial charge on any atom is -0.454 e. The molecule has 0 unspecified atom stereocenters. The Labute approximate surface area is 185 Å². The number of nitrogens with one attached hydrogen (secondary N) is 1. The largest absolute Gasteiger partial charge is 0.454 e. The normalized spacial score (nSPS) is 15.5. The number of carbonyl (C=O) groups is 1. The molecule has 1 fully saturated rings. The highest BCUT2D eigenvalue weighted by molar-refractivity contribution is 6.03. The van der Waals surface area contributed by atoms with Crippen molar-refractivity contribution in [1.29, 1.82) is 0 Å². The van der Waals surface area contributed by atoms with Crippen LogP contribution in [0.15, 0.2) is 77.8 Å². The third kappa shape index (κ3) is 4.14. The first-order valence-electron chi connectivity index (χ1n) is 10.7. The summed E-state index contributed by atoms with van der Waals surface area (Å²) in [5, 5.41) is 2.85. The number of halogens is 1. The Morgan fingerprint density at radius 1 is 0.875 bits per heavy atom. The van der Waals surface area contributed by atoms with Crippen molar-refractivity contribution in [1.82, 2.24) is 9.80 Å². The van der Waals surface area contributed by atoms with Gasteiger partial charge in [0.25, 0.3) is 0 Å². The van der Waals surface area contributed by atoms with Gasteiger partial charge in [0, 0.05) is 31.9 Å². The fourth-order valence-electron chi connectivity index (χ4n) is 3.98. The van der Waals surface area contributed by atoms with Gasteiger partial charge in [0.2, 0.25) is 0 Å². The Morgan fingerprint density at radius 3 is 2.47 bits per heavy atom. The molecule has 6 nitrogen and oxygen atoms in total. The van der Waals surface area contributed by atoms with Crippen molar-refractivity contribution in [3.63, 3.8) is 0 Å². The van der Waals surface area contributed by atoms with E-state index < -0.39 is 0 Å². The van der Waals surface area contributed by atoms with Crippen LogP contribution >= 0.6 is 0 Å². The van der Waals surface area contributed by atoms with Gasteiger partial charge in [0.1, 0.15) is 23.1 Å². The maximum absolute atomic E-state index is 13.1. The van der Waals surface area contributed by atoms with E-state index in [9.17, 15) is 9.18 Å². The molecular weight excluding hydrogens is 407 g/mol. The third-order valence-corrected chi connectivity index (χ3v) is 5.62. The number of amides is 2. The number of carbonyl (C=O) groups excluding carboxylic acids is 1.